The van der Waals surface area contributed by atoms with Gasteiger partial charge < -0.3 is 14.0 Å². The van der Waals surface area contributed by atoms with Gasteiger partial charge in [0.1, 0.15) is 5.65 Å². The first-order valence-corrected chi connectivity index (χ1v) is 15.7. The van der Waals surface area contributed by atoms with Gasteiger partial charge in [0.15, 0.2) is 6.29 Å². The molecular formula is C32H48N4O4. The Kier molecular flexibility index (Phi) is 9.46. The van der Waals surface area contributed by atoms with Crippen LogP contribution in [0.15, 0.2) is 18.5 Å². The minimum absolute atomic E-state index is 0.0338. The molecule has 2 aliphatic carbocycles. The lowest BCUT2D eigenvalue weighted by molar-refractivity contribution is -0.184. The number of fused-ring (bicyclic) bond motifs is 1. The van der Waals surface area contributed by atoms with Gasteiger partial charge in [-0.15, -0.1) is 0 Å². The van der Waals surface area contributed by atoms with Crippen molar-refractivity contribution in [3.8, 4) is 0 Å². The summed E-state index contributed by atoms with van der Waals surface area (Å²) in [5.41, 5.74) is 3.38. The second-order valence-electron chi connectivity index (χ2n) is 12.4. The molecule has 3 heterocycles. The summed E-state index contributed by atoms with van der Waals surface area (Å²) in [7, 11) is 0. The van der Waals surface area contributed by atoms with Crippen molar-refractivity contribution in [1.29, 1.82) is 0 Å². The Hall–Kier alpha value is -2.45. The Morgan fingerprint density at radius 3 is 2.30 bits per heavy atom. The van der Waals surface area contributed by atoms with Crippen molar-refractivity contribution in [2.45, 2.75) is 117 Å². The molecule has 0 unspecified atom stereocenters. The molecule has 220 valence electrons. The van der Waals surface area contributed by atoms with E-state index in [9.17, 15) is 9.59 Å². The van der Waals surface area contributed by atoms with Crippen LogP contribution in [0.25, 0.3) is 11.0 Å². The predicted molar refractivity (Wildman–Crippen MR) is 157 cm³/mol. The molecule has 8 heteroatoms. The summed E-state index contributed by atoms with van der Waals surface area (Å²) in [6, 6.07) is 2.14. The molecule has 0 atom stereocenters. The average molecular weight is 553 g/mol. The summed E-state index contributed by atoms with van der Waals surface area (Å²) >= 11 is 0. The van der Waals surface area contributed by atoms with Crippen molar-refractivity contribution >= 4 is 28.7 Å². The van der Waals surface area contributed by atoms with Gasteiger partial charge >= 0.3 is 6.03 Å². The van der Waals surface area contributed by atoms with Crippen molar-refractivity contribution in [1.82, 2.24) is 14.9 Å². The highest BCUT2D eigenvalue weighted by atomic mass is 16.7. The first-order chi connectivity index (χ1) is 19.4. The molecule has 5 rings (SSSR count). The van der Waals surface area contributed by atoms with Gasteiger partial charge in [0.2, 0.25) is 5.91 Å². The fourth-order valence-electron chi connectivity index (χ4n) is 7.04. The number of aromatic nitrogens is 2. The quantitative estimate of drug-likeness (QED) is 0.239. The monoisotopic (exact) mass is 552 g/mol. The van der Waals surface area contributed by atoms with Crippen LogP contribution in [-0.4, -0.2) is 47.5 Å². The maximum Gasteiger partial charge on any atom is 0.328 e. The highest BCUT2D eigenvalue weighted by Gasteiger charge is 2.41. The minimum atomic E-state index is -0.367. The van der Waals surface area contributed by atoms with Crippen molar-refractivity contribution in [2.75, 3.05) is 24.7 Å². The normalized spacial score (nSPS) is 25.8. The molecule has 0 aromatic carbocycles. The maximum atomic E-state index is 12.3. The number of unbranched alkanes of at least 4 members (excludes halogenated alkanes) is 2. The Morgan fingerprint density at radius 2 is 1.68 bits per heavy atom. The molecule has 1 N–H and O–H groups in total. The Morgan fingerprint density at radius 1 is 1.02 bits per heavy atom. The standard InChI is InChI=1S/C32H48N4O4/c1-4-6-18-39-30(40-19-7-5-2)24-8-13-32(14-9-24)15-10-25(11-16-32)36-22-23(3)27-20-26(21-33-29(27)36)35-17-12-28(37)34-31(35)38/h20-22,24-25,30H,4-19H2,1-3H3,(H,34,37,38). The summed E-state index contributed by atoms with van der Waals surface area (Å²) in [5, 5.41) is 3.49. The molecule has 2 aromatic rings. The number of hydrogen-bond acceptors (Lipinski definition) is 5. The van der Waals surface area contributed by atoms with Gasteiger partial charge in [-0.25, -0.2) is 9.78 Å². The summed E-state index contributed by atoms with van der Waals surface area (Å²) < 4.78 is 14.9. The zero-order valence-corrected chi connectivity index (χ0v) is 24.8. The maximum absolute atomic E-state index is 12.3. The van der Waals surface area contributed by atoms with Crippen LogP contribution >= 0.6 is 0 Å². The minimum Gasteiger partial charge on any atom is -0.352 e. The van der Waals surface area contributed by atoms with E-state index in [0.717, 1.165) is 55.6 Å². The van der Waals surface area contributed by atoms with E-state index in [2.05, 4.69) is 42.9 Å². The van der Waals surface area contributed by atoms with Crippen LogP contribution < -0.4 is 10.2 Å². The zero-order valence-electron chi connectivity index (χ0n) is 24.8. The Bertz CT molecular complexity index is 1150. The van der Waals surface area contributed by atoms with Crippen LogP contribution in [0.5, 0.6) is 0 Å². The third-order valence-electron chi connectivity index (χ3n) is 9.67. The van der Waals surface area contributed by atoms with E-state index in [1.807, 2.05) is 0 Å². The summed E-state index contributed by atoms with van der Waals surface area (Å²) in [6.45, 7) is 8.54. The van der Waals surface area contributed by atoms with E-state index in [1.54, 1.807) is 11.1 Å². The number of nitrogens with one attached hydrogen (secondary N) is 1. The highest BCUT2D eigenvalue weighted by molar-refractivity contribution is 6.06. The molecule has 2 aromatic heterocycles. The van der Waals surface area contributed by atoms with Crippen LogP contribution in [-0.2, 0) is 14.3 Å². The molecule has 0 radical (unpaired) electrons. The van der Waals surface area contributed by atoms with Crippen LogP contribution in [0.4, 0.5) is 10.5 Å². The van der Waals surface area contributed by atoms with Gasteiger partial charge in [-0.2, -0.15) is 0 Å². The SMILES string of the molecule is CCCCOC(OCCCC)C1CCC2(CC1)CCC(n1cc(C)c3cc(N4CCC(=O)NC4=O)cnc31)CC2. The van der Waals surface area contributed by atoms with Crippen molar-refractivity contribution in [3.05, 3.63) is 24.0 Å². The van der Waals surface area contributed by atoms with E-state index in [0.29, 0.717) is 30.3 Å². The number of hydrogen-bond donors (Lipinski definition) is 1. The molecule has 2 saturated carbocycles. The predicted octanol–water partition coefficient (Wildman–Crippen LogP) is 7.04. The number of carbonyl (C=O) groups is 2. The number of nitrogens with zero attached hydrogens (tertiary/aromatic N) is 3. The summed E-state index contributed by atoms with van der Waals surface area (Å²) in [6.07, 6.45) is 18.7. The zero-order chi connectivity index (χ0) is 28.1. The molecule has 1 saturated heterocycles. The summed E-state index contributed by atoms with van der Waals surface area (Å²) in [5.74, 6) is 0.299. The highest BCUT2D eigenvalue weighted by Crippen LogP contribution is 2.52. The van der Waals surface area contributed by atoms with E-state index < -0.39 is 0 Å². The molecule has 1 aliphatic heterocycles. The number of urea groups is 1. The van der Waals surface area contributed by atoms with E-state index >= 15 is 0 Å². The number of imide groups is 1. The lowest BCUT2D eigenvalue weighted by Crippen LogP contribution is -2.49. The first kappa shape index (κ1) is 29.1. The third kappa shape index (κ3) is 6.38. The van der Waals surface area contributed by atoms with Crippen LogP contribution in [0.2, 0.25) is 0 Å². The number of amides is 3. The molecule has 3 aliphatic rings. The van der Waals surface area contributed by atoms with Crippen molar-refractivity contribution < 1.29 is 19.1 Å². The van der Waals surface area contributed by atoms with E-state index in [4.69, 9.17) is 14.5 Å². The Labute approximate surface area is 239 Å². The molecule has 0 bridgehead atoms. The Balaban J connectivity index is 1.20. The largest absolute Gasteiger partial charge is 0.352 e. The third-order valence-corrected chi connectivity index (χ3v) is 9.67. The number of anilines is 1. The van der Waals surface area contributed by atoms with Gasteiger partial charge in [0.05, 0.1) is 11.9 Å². The average Bonchev–Trinajstić information content (AvgIpc) is 3.29. The van der Waals surface area contributed by atoms with Crippen LogP contribution in [0, 0.1) is 18.3 Å². The molecule has 8 nitrogen and oxygen atoms in total. The molecular weight excluding hydrogens is 504 g/mol. The van der Waals surface area contributed by atoms with Gasteiger partial charge in [-0.3, -0.25) is 15.0 Å². The number of carbonyl (C=O) groups excluding carboxylic acids is 2. The number of pyridine rings is 1. The number of ether oxygens (including phenoxy) is 2. The first-order valence-electron chi connectivity index (χ1n) is 15.7. The lowest BCUT2D eigenvalue weighted by Gasteiger charge is -2.46. The fourth-order valence-corrected chi connectivity index (χ4v) is 7.04. The molecule has 1 spiro atoms. The van der Waals surface area contributed by atoms with E-state index in [-0.39, 0.29) is 18.2 Å². The smallest absolute Gasteiger partial charge is 0.328 e. The van der Waals surface area contributed by atoms with Crippen LogP contribution in [0.3, 0.4) is 0 Å². The molecule has 3 fully saturated rings. The van der Waals surface area contributed by atoms with Crippen molar-refractivity contribution in [2.24, 2.45) is 11.3 Å². The van der Waals surface area contributed by atoms with Crippen molar-refractivity contribution in [3.63, 3.8) is 0 Å². The van der Waals surface area contributed by atoms with Gasteiger partial charge in [0, 0.05) is 49.7 Å². The molecule has 40 heavy (non-hydrogen) atoms. The van der Waals surface area contributed by atoms with Crippen LogP contribution in [0.1, 0.15) is 109 Å². The fraction of sp³-hybridized carbons (Fsp3) is 0.719. The summed E-state index contributed by atoms with van der Waals surface area (Å²) in [4.78, 5) is 30.3. The lowest BCUT2D eigenvalue weighted by atomic mass is 9.62. The number of rotatable bonds is 11. The molecule has 3 amide bonds. The van der Waals surface area contributed by atoms with E-state index in [1.165, 1.54) is 56.9 Å². The van der Waals surface area contributed by atoms with Gasteiger partial charge in [-0.05, 0) is 88.2 Å². The van der Waals surface area contributed by atoms with Gasteiger partial charge in [0.25, 0.3) is 0 Å². The topological polar surface area (TPSA) is 85.7 Å². The van der Waals surface area contributed by atoms with Gasteiger partial charge in [-0.1, -0.05) is 26.7 Å². The second-order valence-corrected chi connectivity index (χ2v) is 12.4. The second kappa shape index (κ2) is 13.0. The number of aryl methyl sites for hydroxylation is 1.